The maximum Gasteiger partial charge on any atom is 0.244 e. The van der Waals surface area contributed by atoms with Gasteiger partial charge >= 0.3 is 0 Å². The van der Waals surface area contributed by atoms with Crippen LogP contribution in [0.25, 0.3) is 0 Å². The number of pyridine rings is 1. The fraction of sp³-hybridized carbons (Fsp3) is 0.333. The van der Waals surface area contributed by atoms with Gasteiger partial charge in [0.1, 0.15) is 11.8 Å². The number of methoxy groups -OCH3 is 1. The van der Waals surface area contributed by atoms with Crippen LogP contribution >= 0.6 is 0 Å². The highest BCUT2D eigenvalue weighted by Crippen LogP contribution is 2.25. The van der Waals surface area contributed by atoms with E-state index in [9.17, 15) is 13.2 Å². The summed E-state index contributed by atoms with van der Waals surface area (Å²) in [6.07, 6.45) is 4.70. The standard InChI is InChI=1S/C18H23N3O4S/c1-4-17(18(22)20-13-14-9-11-19-12-10-14)21(26(3,23)24)15-5-7-16(25-2)8-6-15/h5-12,17H,4,13H2,1-3H3,(H,20,22)/t17-/m0/s1. The quantitative estimate of drug-likeness (QED) is 0.760. The maximum atomic E-state index is 12.7. The molecule has 1 N–H and O–H groups in total. The van der Waals surface area contributed by atoms with Gasteiger partial charge in [-0.05, 0) is 48.4 Å². The van der Waals surface area contributed by atoms with E-state index in [-0.39, 0.29) is 5.91 Å². The van der Waals surface area contributed by atoms with E-state index in [4.69, 9.17) is 4.74 Å². The highest BCUT2D eigenvalue weighted by Gasteiger charge is 2.31. The number of aromatic nitrogens is 1. The van der Waals surface area contributed by atoms with Crippen molar-refractivity contribution in [1.82, 2.24) is 10.3 Å². The molecular weight excluding hydrogens is 354 g/mol. The van der Waals surface area contributed by atoms with Crippen molar-refractivity contribution in [3.63, 3.8) is 0 Å². The molecular formula is C18H23N3O4S. The van der Waals surface area contributed by atoms with Gasteiger partial charge in [-0.25, -0.2) is 8.42 Å². The minimum atomic E-state index is -3.66. The van der Waals surface area contributed by atoms with Crippen LogP contribution in [0.5, 0.6) is 5.75 Å². The molecule has 8 heteroatoms. The number of carbonyl (C=O) groups excluding carboxylic acids is 1. The van der Waals surface area contributed by atoms with Gasteiger partial charge in [0.2, 0.25) is 15.9 Å². The zero-order chi connectivity index (χ0) is 19.2. The fourth-order valence-corrected chi connectivity index (χ4v) is 3.81. The second-order valence-corrected chi connectivity index (χ2v) is 7.61. The largest absolute Gasteiger partial charge is 0.497 e. The Bertz CT molecular complexity index is 823. The van der Waals surface area contributed by atoms with Crippen molar-refractivity contribution in [3.8, 4) is 5.75 Å². The molecule has 1 aromatic carbocycles. The normalized spacial score (nSPS) is 12.3. The summed E-state index contributed by atoms with van der Waals surface area (Å²) in [5, 5.41) is 2.80. The van der Waals surface area contributed by atoms with Gasteiger partial charge in [-0.1, -0.05) is 6.92 Å². The maximum absolute atomic E-state index is 12.7. The van der Waals surface area contributed by atoms with Gasteiger partial charge in [0.25, 0.3) is 0 Å². The molecule has 0 bridgehead atoms. The molecule has 0 saturated heterocycles. The molecule has 1 aromatic heterocycles. The number of nitrogens with one attached hydrogen (secondary N) is 1. The average molecular weight is 377 g/mol. The predicted molar refractivity (Wildman–Crippen MR) is 100 cm³/mol. The van der Waals surface area contributed by atoms with E-state index in [0.717, 1.165) is 16.1 Å². The van der Waals surface area contributed by atoms with Crippen LogP contribution in [0.2, 0.25) is 0 Å². The molecule has 0 fully saturated rings. The second kappa shape index (κ2) is 8.66. The van der Waals surface area contributed by atoms with Gasteiger partial charge in [0.05, 0.1) is 19.1 Å². The number of amides is 1. The van der Waals surface area contributed by atoms with E-state index in [1.807, 2.05) is 0 Å². The van der Waals surface area contributed by atoms with Crippen LogP contribution in [0.1, 0.15) is 18.9 Å². The fourth-order valence-electron chi connectivity index (χ4n) is 2.60. The van der Waals surface area contributed by atoms with Crippen LogP contribution in [-0.2, 0) is 21.4 Å². The Morgan fingerprint density at radius 3 is 2.31 bits per heavy atom. The Hall–Kier alpha value is -2.61. The van der Waals surface area contributed by atoms with E-state index >= 15 is 0 Å². The number of nitrogens with zero attached hydrogens (tertiary/aromatic N) is 2. The highest BCUT2D eigenvalue weighted by molar-refractivity contribution is 7.92. The minimum absolute atomic E-state index is 0.304. The van der Waals surface area contributed by atoms with Gasteiger partial charge in [0.15, 0.2) is 0 Å². The van der Waals surface area contributed by atoms with E-state index in [2.05, 4.69) is 10.3 Å². The van der Waals surface area contributed by atoms with Crippen LogP contribution in [0.15, 0.2) is 48.8 Å². The highest BCUT2D eigenvalue weighted by atomic mass is 32.2. The van der Waals surface area contributed by atoms with Gasteiger partial charge < -0.3 is 10.1 Å². The van der Waals surface area contributed by atoms with Crippen molar-refractivity contribution < 1.29 is 17.9 Å². The smallest absolute Gasteiger partial charge is 0.244 e. The van der Waals surface area contributed by atoms with Gasteiger partial charge in [0, 0.05) is 18.9 Å². The molecule has 1 heterocycles. The topological polar surface area (TPSA) is 88.6 Å². The SMILES string of the molecule is CC[C@@H](C(=O)NCc1ccncc1)N(c1ccc(OC)cc1)S(C)(=O)=O. The number of carbonyl (C=O) groups is 1. The Labute approximate surface area is 154 Å². The lowest BCUT2D eigenvalue weighted by Crippen LogP contribution is -2.49. The van der Waals surface area contributed by atoms with Crippen LogP contribution < -0.4 is 14.4 Å². The first-order valence-corrected chi connectivity index (χ1v) is 10.0. The lowest BCUT2D eigenvalue weighted by Gasteiger charge is -2.30. The molecule has 2 rings (SSSR count). The van der Waals surface area contributed by atoms with Crippen molar-refractivity contribution in [3.05, 3.63) is 54.4 Å². The molecule has 7 nitrogen and oxygen atoms in total. The zero-order valence-corrected chi connectivity index (χ0v) is 15.9. The second-order valence-electron chi connectivity index (χ2n) is 5.75. The first-order valence-electron chi connectivity index (χ1n) is 8.17. The number of sulfonamides is 1. The Kier molecular flexibility index (Phi) is 6.57. The molecule has 0 spiro atoms. The van der Waals surface area contributed by atoms with Crippen molar-refractivity contribution in [2.24, 2.45) is 0 Å². The third-order valence-electron chi connectivity index (χ3n) is 3.87. The summed E-state index contributed by atoms with van der Waals surface area (Å²) in [5.74, 6) is 0.253. The van der Waals surface area contributed by atoms with Crippen molar-refractivity contribution in [1.29, 1.82) is 0 Å². The molecule has 0 aliphatic rings. The van der Waals surface area contributed by atoms with E-state index in [0.29, 0.717) is 24.4 Å². The van der Waals surface area contributed by atoms with Crippen LogP contribution in [0.4, 0.5) is 5.69 Å². The van der Waals surface area contributed by atoms with E-state index in [1.165, 1.54) is 7.11 Å². The number of benzene rings is 1. The third-order valence-corrected chi connectivity index (χ3v) is 5.05. The Morgan fingerprint density at radius 1 is 1.19 bits per heavy atom. The molecule has 0 aliphatic heterocycles. The van der Waals surface area contributed by atoms with Gasteiger partial charge in [-0.3, -0.25) is 14.1 Å². The van der Waals surface area contributed by atoms with E-state index < -0.39 is 16.1 Å². The Balaban J connectivity index is 2.24. The molecule has 0 radical (unpaired) electrons. The lowest BCUT2D eigenvalue weighted by molar-refractivity contribution is -0.122. The van der Waals surface area contributed by atoms with Crippen LogP contribution in [0, 0.1) is 0 Å². The summed E-state index contributed by atoms with van der Waals surface area (Å²) in [7, 11) is -2.12. The monoisotopic (exact) mass is 377 g/mol. The summed E-state index contributed by atoms with van der Waals surface area (Å²) >= 11 is 0. The number of anilines is 1. The lowest BCUT2D eigenvalue weighted by atomic mass is 10.1. The van der Waals surface area contributed by atoms with Crippen molar-refractivity contribution in [2.75, 3.05) is 17.7 Å². The number of hydrogen-bond acceptors (Lipinski definition) is 5. The first-order chi connectivity index (χ1) is 12.4. The predicted octanol–water partition coefficient (Wildman–Crippen LogP) is 1.95. The first kappa shape index (κ1) is 19.7. The average Bonchev–Trinajstić information content (AvgIpc) is 2.64. The summed E-state index contributed by atoms with van der Waals surface area (Å²) in [6, 6.07) is 9.31. The van der Waals surface area contributed by atoms with Gasteiger partial charge in [-0.2, -0.15) is 0 Å². The van der Waals surface area contributed by atoms with Crippen molar-refractivity contribution >= 4 is 21.6 Å². The molecule has 0 aliphatic carbocycles. The molecule has 1 amide bonds. The molecule has 26 heavy (non-hydrogen) atoms. The summed E-state index contributed by atoms with van der Waals surface area (Å²) in [4.78, 5) is 16.6. The molecule has 140 valence electrons. The van der Waals surface area contributed by atoms with Gasteiger partial charge in [-0.15, -0.1) is 0 Å². The number of ether oxygens (including phenoxy) is 1. The zero-order valence-electron chi connectivity index (χ0n) is 15.0. The minimum Gasteiger partial charge on any atom is -0.497 e. The third kappa shape index (κ3) is 4.95. The summed E-state index contributed by atoms with van der Waals surface area (Å²) < 4.78 is 31.0. The number of hydrogen-bond donors (Lipinski definition) is 1. The number of rotatable bonds is 8. The Morgan fingerprint density at radius 2 is 1.81 bits per heavy atom. The van der Waals surface area contributed by atoms with Crippen LogP contribution in [0.3, 0.4) is 0 Å². The molecule has 2 aromatic rings. The van der Waals surface area contributed by atoms with Crippen LogP contribution in [-0.4, -0.2) is 38.7 Å². The summed E-state index contributed by atoms with van der Waals surface area (Å²) in [6.45, 7) is 2.08. The molecule has 0 saturated carbocycles. The molecule has 1 atom stereocenters. The van der Waals surface area contributed by atoms with Crippen molar-refractivity contribution in [2.45, 2.75) is 25.9 Å². The summed E-state index contributed by atoms with van der Waals surface area (Å²) in [5.41, 5.74) is 1.30. The molecule has 0 unspecified atom stereocenters. The van der Waals surface area contributed by atoms with E-state index in [1.54, 1.807) is 55.7 Å².